The van der Waals surface area contributed by atoms with Crippen LogP contribution in [0.2, 0.25) is 0 Å². The van der Waals surface area contributed by atoms with Gasteiger partial charge in [-0.25, -0.2) is 0 Å². The SMILES string of the molecule is C[C@@H]1CC[C@]2(C[C@H]3C[C@H]4[C@@H]5CC[C@H]6CC(=O)C(C#N)=C[C@]6(C)C5=CC(=O)[C@]4(C)[C@H]3[C@@H]2C)OC1.C[C@@H]1CC[C@]2(C[C@H]3C[C@H]4[C@@H]5CC[C@H]6CC(=O)CC[C@]6(C)C5=CC(=O)[C@]4(C)[C@H]3[C@@H]2C)OC1.C[C@@H]1CC[C@]2(C[C@H]3C[C@H]4[C@@H]5CC[C@H]6C[C@@H](C)CC[C@]6(C)C5=CC(=O)[C@]4(C)[C@H]3[C@@H]2C)OC1.[HH]. The first-order valence-electron chi connectivity index (χ1n) is 39.9. The van der Waals surface area contributed by atoms with Crippen molar-refractivity contribution in [2.24, 2.45) is 163 Å². The number of ketones is 5. The van der Waals surface area contributed by atoms with Crippen molar-refractivity contribution in [3.8, 4) is 6.07 Å². The van der Waals surface area contributed by atoms with Crippen LogP contribution in [0.5, 0.6) is 0 Å². The summed E-state index contributed by atoms with van der Waals surface area (Å²) in [5, 5.41) is 9.54. The maximum absolute atomic E-state index is 14.0. The molecule has 3 saturated heterocycles. The summed E-state index contributed by atoms with van der Waals surface area (Å²) < 4.78 is 19.8. The second-order valence-corrected chi connectivity index (χ2v) is 39.3. The highest BCUT2D eigenvalue weighted by Gasteiger charge is 2.73. The van der Waals surface area contributed by atoms with Gasteiger partial charge in [0.1, 0.15) is 11.9 Å². The second-order valence-electron chi connectivity index (χ2n) is 39.3. The number of carbonyl (C=O) groups is 5. The first kappa shape index (κ1) is 66.2. The number of allylic oxidation sites excluding steroid dienone is 8. The largest absolute Gasteiger partial charge is 0.374 e. The molecule has 15 aliphatic carbocycles. The van der Waals surface area contributed by atoms with Crippen LogP contribution in [0.3, 0.4) is 0 Å². The quantitative estimate of drug-likeness (QED) is 0.232. The summed E-state index contributed by atoms with van der Waals surface area (Å²) in [5.41, 5.74) is 3.92. The van der Waals surface area contributed by atoms with Gasteiger partial charge in [0.25, 0.3) is 0 Å². The lowest BCUT2D eigenvalue weighted by molar-refractivity contribution is -0.145. The zero-order valence-electron chi connectivity index (χ0n) is 61.0. The fourth-order valence-corrected chi connectivity index (χ4v) is 30.0. The summed E-state index contributed by atoms with van der Waals surface area (Å²) in [6, 6.07) is 2.13. The third kappa shape index (κ3) is 9.25. The molecule has 9 heteroatoms. The van der Waals surface area contributed by atoms with Gasteiger partial charge in [0.15, 0.2) is 23.1 Å². The Kier molecular flexibility index (Phi) is 15.8. The van der Waals surface area contributed by atoms with E-state index in [1.165, 1.54) is 114 Å². The Hall–Kier alpha value is -3.32. The van der Waals surface area contributed by atoms with Crippen molar-refractivity contribution in [3.63, 3.8) is 0 Å². The van der Waals surface area contributed by atoms with Crippen molar-refractivity contribution in [2.75, 3.05) is 19.8 Å². The van der Waals surface area contributed by atoms with Crippen LogP contribution in [-0.2, 0) is 38.2 Å². The van der Waals surface area contributed by atoms with E-state index < -0.39 is 0 Å². The summed E-state index contributed by atoms with van der Waals surface area (Å²) >= 11 is 0. The van der Waals surface area contributed by atoms with Crippen molar-refractivity contribution in [1.82, 2.24) is 0 Å². The molecule has 11 saturated carbocycles. The van der Waals surface area contributed by atoms with Gasteiger partial charge in [0.2, 0.25) is 0 Å². The summed E-state index contributed by atoms with van der Waals surface area (Å²) in [6.45, 7) is 33.3. The Morgan fingerprint density at radius 1 is 0.442 bits per heavy atom. The van der Waals surface area contributed by atoms with Gasteiger partial charge in [-0.15, -0.1) is 0 Å². The summed E-state index contributed by atoms with van der Waals surface area (Å²) in [7, 11) is 0. The van der Waals surface area contributed by atoms with Crippen LogP contribution in [0.25, 0.3) is 0 Å². The number of nitriles is 1. The van der Waals surface area contributed by atoms with Crippen LogP contribution in [0, 0.1) is 174 Å². The lowest BCUT2D eigenvalue weighted by Crippen LogP contribution is -2.53. The predicted octanol–water partition coefficient (Wildman–Crippen LogP) is 18.3. The molecule has 3 aliphatic heterocycles. The van der Waals surface area contributed by atoms with Gasteiger partial charge in [-0.3, -0.25) is 24.0 Å². The Morgan fingerprint density at radius 2 is 0.832 bits per heavy atom. The smallest absolute Gasteiger partial charge is 0.173 e. The van der Waals surface area contributed by atoms with E-state index in [0.717, 1.165) is 76.6 Å². The number of Topliss-reactive ketones (excluding diaryl/α,β-unsaturated/α-hetero) is 2. The molecule has 0 aromatic rings. The molecule has 9 nitrogen and oxygen atoms in total. The van der Waals surface area contributed by atoms with Gasteiger partial charge in [-0.1, -0.05) is 113 Å². The molecule has 95 heavy (non-hydrogen) atoms. The van der Waals surface area contributed by atoms with E-state index in [1.54, 1.807) is 5.57 Å². The minimum Gasteiger partial charge on any atom is -0.374 e. The van der Waals surface area contributed by atoms with Gasteiger partial charge < -0.3 is 14.2 Å². The number of nitrogens with zero attached hydrogens (tertiary/aromatic N) is 1. The third-order valence-electron chi connectivity index (χ3n) is 35.4. The first-order valence-corrected chi connectivity index (χ1v) is 39.9. The molecule has 0 aromatic heterocycles. The number of fused-ring (bicyclic) bond motifs is 21. The molecule has 0 N–H and O–H groups in total. The minimum atomic E-state index is -0.341. The van der Waals surface area contributed by atoms with Crippen LogP contribution < -0.4 is 0 Å². The average molecular weight is 1300 g/mol. The standard InChI is InChI=1S/C29H37NO3.C29H44O2.C28H40O3.H2/c1-16-7-8-29(33-15-16)13-18-9-23-21-6-5-20-10-24(31)19(14-30)12-27(20,3)22(21)11-25(32)28(23,4)26(18)17(29)2;1-17-8-10-27(4)21(12-17)6-7-22-23(27)14-25(30)28(5)24(22)13-20-15-29(19(3)26(20)28)11-9-18(2)16-31-29;1-16-7-10-28(31-15-16)14-18-11-23-21-6-5-19-12-20(29)8-9-26(19,3)22(21)13-24(30)27(23,4)25(18)17(28)2;/h11-12,16-18,20-21,23,26H,5-10,13,15H2,1-4H3;14,17-22,24,26H,6-13,15-16H2,1-5H3;13,16-19,21,23,25H,5-12,14-15H2,1-4H3;1H/t16-,17+,18-,20+,21-,23+,26+,27+,28-,29-;17-,18+,19-,20+,21-,22+,24-,26-,27-,28+,29+;16-,17+,18-,19+,21-,23+,25+,26+,27-,28-;/m101./s1. The van der Waals surface area contributed by atoms with Crippen LogP contribution >= 0.6 is 0 Å². The molecule has 520 valence electrons. The number of rotatable bonds is 0. The van der Waals surface area contributed by atoms with Gasteiger partial charge in [0, 0.05) is 62.2 Å². The highest BCUT2D eigenvalue weighted by Crippen LogP contribution is 2.75. The summed E-state index contributed by atoms with van der Waals surface area (Å²) in [4.78, 5) is 66.6. The van der Waals surface area contributed by atoms with E-state index in [1.807, 2.05) is 12.2 Å². The van der Waals surface area contributed by atoms with E-state index in [2.05, 4.69) is 108 Å². The van der Waals surface area contributed by atoms with Gasteiger partial charge in [0.05, 0.1) is 22.4 Å². The molecule has 3 spiro atoms. The molecular formula is C86H123NO8. The molecule has 0 radical (unpaired) electrons. The van der Waals surface area contributed by atoms with Gasteiger partial charge in [-0.05, 0) is 301 Å². The molecule has 0 bridgehead atoms. The van der Waals surface area contributed by atoms with Crippen molar-refractivity contribution in [2.45, 2.75) is 267 Å². The average Bonchev–Trinajstić information content (AvgIpc) is 1.55. The van der Waals surface area contributed by atoms with Crippen LogP contribution in [0.15, 0.2) is 46.6 Å². The van der Waals surface area contributed by atoms with E-state index in [9.17, 15) is 29.2 Å². The highest BCUT2D eigenvalue weighted by atomic mass is 16.5. The second kappa shape index (κ2) is 22.6. The number of ether oxygens (including phenoxy) is 3. The van der Waals surface area contributed by atoms with Crippen molar-refractivity contribution >= 4 is 28.9 Å². The molecule has 31 atom stereocenters. The van der Waals surface area contributed by atoms with E-state index in [-0.39, 0.29) is 57.0 Å². The van der Waals surface area contributed by atoms with Crippen LogP contribution in [-0.4, -0.2) is 65.5 Å². The fourth-order valence-electron chi connectivity index (χ4n) is 30.0. The summed E-state index contributed by atoms with van der Waals surface area (Å²) in [6.07, 6.45) is 36.6. The maximum Gasteiger partial charge on any atom is 0.173 e. The van der Waals surface area contributed by atoms with Gasteiger partial charge >= 0.3 is 0 Å². The topological polar surface area (TPSA) is 137 Å². The Morgan fingerprint density at radius 3 is 1.25 bits per heavy atom. The van der Waals surface area contributed by atoms with Crippen molar-refractivity contribution < 1.29 is 39.6 Å². The van der Waals surface area contributed by atoms with Gasteiger partial charge in [-0.2, -0.15) is 5.26 Å². The number of hydrogen-bond acceptors (Lipinski definition) is 9. The van der Waals surface area contributed by atoms with Crippen molar-refractivity contribution in [3.05, 3.63) is 46.6 Å². The zero-order valence-corrected chi connectivity index (χ0v) is 61.0. The van der Waals surface area contributed by atoms with E-state index in [0.29, 0.717) is 159 Å². The molecule has 14 fully saturated rings. The lowest BCUT2D eigenvalue weighted by atomic mass is 9.47. The lowest BCUT2D eigenvalue weighted by Gasteiger charge is -2.57. The molecular weight excluding hydrogens is 1170 g/mol. The maximum atomic E-state index is 14.0. The highest BCUT2D eigenvalue weighted by molar-refractivity contribution is 6.02. The normalized spacial score (nSPS) is 55.7. The van der Waals surface area contributed by atoms with E-state index >= 15 is 0 Å². The summed E-state index contributed by atoms with van der Waals surface area (Å²) in [5.74, 6) is 13.6. The Balaban J connectivity index is 0.000000118. The van der Waals surface area contributed by atoms with Crippen LogP contribution in [0.4, 0.5) is 0 Å². The molecule has 18 aliphatic rings. The van der Waals surface area contributed by atoms with E-state index in [4.69, 9.17) is 14.2 Å². The molecule has 18 rings (SSSR count). The Bertz CT molecular complexity index is 3380. The zero-order chi connectivity index (χ0) is 66.9. The predicted molar refractivity (Wildman–Crippen MR) is 372 cm³/mol. The monoisotopic (exact) mass is 1300 g/mol. The minimum absolute atomic E-state index is 0. The first-order chi connectivity index (χ1) is 45.0. The Labute approximate surface area is 573 Å². The number of hydrogen-bond donors (Lipinski definition) is 0. The molecule has 3 heterocycles. The molecule has 0 unspecified atom stereocenters. The van der Waals surface area contributed by atoms with Crippen LogP contribution in [0.1, 0.15) is 252 Å². The fraction of sp³-hybridized carbons (Fsp3) is 0.837. The van der Waals surface area contributed by atoms with Crippen molar-refractivity contribution in [1.29, 1.82) is 5.26 Å². The third-order valence-corrected chi connectivity index (χ3v) is 35.4. The number of carbonyl (C=O) groups excluding carboxylic acids is 5. The molecule has 0 aromatic carbocycles. The molecule has 0 amide bonds.